The molecule has 0 unspecified atom stereocenters. The molecule has 0 aliphatic carbocycles. The molecule has 1 N–H and O–H groups in total. The summed E-state index contributed by atoms with van der Waals surface area (Å²) in [6.45, 7) is -0.0275. The molecule has 4 aromatic rings. The van der Waals surface area contributed by atoms with Crippen LogP contribution in [0.1, 0.15) is 56.2 Å². The number of rotatable bonds is 8. The Morgan fingerprint density at radius 2 is 1.56 bits per heavy atom. The van der Waals surface area contributed by atoms with Crippen LogP contribution in [0.25, 0.3) is 0 Å². The van der Waals surface area contributed by atoms with Crippen molar-refractivity contribution in [2.75, 3.05) is 17.8 Å². The molecule has 8 heteroatoms. The van der Waals surface area contributed by atoms with E-state index in [-0.39, 0.29) is 30.6 Å². The summed E-state index contributed by atoms with van der Waals surface area (Å²) in [5.74, 6) is 0.789. The van der Waals surface area contributed by atoms with Crippen LogP contribution in [-0.4, -0.2) is 35.9 Å². The Kier molecular flexibility index (Phi) is 7.89. The van der Waals surface area contributed by atoms with Gasteiger partial charge in [0.05, 0.1) is 42.7 Å². The zero-order valence-corrected chi connectivity index (χ0v) is 23.3. The number of carbonyl (C=O) groups is 2. The van der Waals surface area contributed by atoms with Crippen LogP contribution in [0.15, 0.2) is 102 Å². The molecule has 0 aromatic heterocycles. The Labute approximate surface area is 242 Å². The van der Waals surface area contributed by atoms with Crippen molar-refractivity contribution in [1.29, 1.82) is 0 Å². The van der Waals surface area contributed by atoms with Crippen LogP contribution in [-0.2, 0) is 16.1 Å². The quantitative estimate of drug-likeness (QED) is 0.197. The Bertz CT molecular complexity index is 1540. The van der Waals surface area contributed by atoms with Gasteiger partial charge in [-0.05, 0) is 47.5 Å². The van der Waals surface area contributed by atoms with Gasteiger partial charge in [0.2, 0.25) is 0 Å². The first-order chi connectivity index (χ1) is 20.1. The number of hydrogen-bond acceptors (Lipinski definition) is 7. The normalized spacial score (nSPS) is 20.2. The number of para-hydroxylation sites is 1. The number of aliphatic hydroxyl groups is 1. The summed E-state index contributed by atoms with van der Waals surface area (Å²) in [7, 11) is 1.66. The minimum Gasteiger partial charge on any atom is -0.496 e. The third-order valence-corrected chi connectivity index (χ3v) is 8.49. The highest BCUT2D eigenvalue weighted by Crippen LogP contribution is 2.41. The molecular weight excluding hydrogens is 538 g/mol. The zero-order chi connectivity index (χ0) is 28.3. The molecule has 2 heterocycles. The molecule has 41 heavy (non-hydrogen) atoms. The topological polar surface area (TPSA) is 85.3 Å². The molecule has 7 nitrogen and oxygen atoms in total. The van der Waals surface area contributed by atoms with Gasteiger partial charge in [-0.1, -0.05) is 60.7 Å². The van der Waals surface area contributed by atoms with E-state index in [2.05, 4.69) is 0 Å². The van der Waals surface area contributed by atoms with Crippen LogP contribution in [0.5, 0.6) is 5.75 Å². The first kappa shape index (κ1) is 27.2. The molecule has 6 rings (SSSR count). The van der Waals surface area contributed by atoms with Crippen molar-refractivity contribution >= 4 is 29.3 Å². The number of carbonyl (C=O) groups excluding carboxylic acids is 2. The first-order valence-electron chi connectivity index (χ1n) is 13.4. The Morgan fingerprint density at radius 3 is 2.27 bits per heavy atom. The van der Waals surface area contributed by atoms with Gasteiger partial charge >= 0.3 is 0 Å². The van der Waals surface area contributed by atoms with Crippen molar-refractivity contribution < 1.29 is 28.9 Å². The summed E-state index contributed by atoms with van der Waals surface area (Å²) in [6, 6.07) is 29.7. The van der Waals surface area contributed by atoms with E-state index in [4.69, 9.17) is 14.2 Å². The molecule has 2 amide bonds. The molecule has 2 aliphatic rings. The average Bonchev–Trinajstić information content (AvgIpc) is 3.29. The molecule has 0 bridgehead atoms. The fourth-order valence-electron chi connectivity index (χ4n) is 5.18. The van der Waals surface area contributed by atoms with E-state index in [0.717, 1.165) is 21.8 Å². The predicted octanol–water partition coefficient (Wildman–Crippen LogP) is 6.33. The lowest BCUT2D eigenvalue weighted by molar-refractivity contribution is -0.245. The maximum atomic E-state index is 13.1. The maximum absolute atomic E-state index is 13.1. The van der Waals surface area contributed by atoms with Crippen LogP contribution in [0.3, 0.4) is 0 Å². The van der Waals surface area contributed by atoms with Crippen molar-refractivity contribution in [1.82, 2.24) is 0 Å². The number of anilines is 1. The molecule has 0 saturated carbocycles. The Balaban J connectivity index is 1.27. The number of hydrogen-bond donors (Lipinski definition) is 1. The van der Waals surface area contributed by atoms with E-state index >= 15 is 0 Å². The van der Waals surface area contributed by atoms with Gasteiger partial charge in [0.15, 0.2) is 6.29 Å². The molecule has 208 valence electrons. The van der Waals surface area contributed by atoms with Crippen LogP contribution < -0.4 is 9.64 Å². The minimum absolute atomic E-state index is 0.0275. The molecule has 1 saturated heterocycles. The highest BCUT2D eigenvalue weighted by atomic mass is 32.2. The van der Waals surface area contributed by atoms with Gasteiger partial charge in [0.1, 0.15) is 5.75 Å². The minimum atomic E-state index is -0.718. The lowest BCUT2D eigenvalue weighted by Gasteiger charge is -2.36. The fourth-order valence-corrected chi connectivity index (χ4v) is 6.23. The number of nitrogens with zero attached hydrogens (tertiary/aromatic N) is 1. The van der Waals surface area contributed by atoms with Gasteiger partial charge in [0.25, 0.3) is 11.8 Å². The van der Waals surface area contributed by atoms with E-state index in [9.17, 15) is 14.7 Å². The molecule has 3 atom stereocenters. The van der Waals surface area contributed by atoms with Gasteiger partial charge in [-0.25, -0.2) is 4.90 Å². The number of fused-ring (bicyclic) bond motifs is 1. The van der Waals surface area contributed by atoms with E-state index in [1.807, 2.05) is 54.6 Å². The summed E-state index contributed by atoms with van der Waals surface area (Å²) in [4.78, 5) is 28.5. The molecule has 2 aliphatic heterocycles. The average molecular weight is 568 g/mol. The lowest BCUT2D eigenvalue weighted by Crippen LogP contribution is -2.32. The summed E-state index contributed by atoms with van der Waals surface area (Å²) >= 11 is 1.66. The van der Waals surface area contributed by atoms with Gasteiger partial charge in [-0.2, -0.15) is 0 Å². The highest BCUT2D eigenvalue weighted by Gasteiger charge is 2.37. The number of amides is 2. The van der Waals surface area contributed by atoms with E-state index < -0.39 is 6.29 Å². The monoisotopic (exact) mass is 567 g/mol. The summed E-state index contributed by atoms with van der Waals surface area (Å²) in [6.07, 6.45) is -0.499. The SMILES string of the molecule is COc1ccccc1SC[C@H]1C[C@@H](c2ccc(CO)cc2)O[C@@H](c2cccc(N3C(=O)c4ccccc4C3=O)c2)O1. The molecule has 1 fully saturated rings. The van der Waals surface area contributed by atoms with E-state index in [1.54, 1.807) is 61.3 Å². The standard InChI is InChI=1S/C33H29NO6S/c1-38-28-11-4-5-12-30(28)41-20-25-18-29(22-15-13-21(19-35)14-16-22)40-33(39-25)23-7-6-8-24(17-23)34-31(36)26-9-2-3-10-27(26)32(34)37/h2-17,25,29,33,35H,18-20H2,1H3/t25-,29+,33+/m1/s1. The van der Waals surface area contributed by atoms with Crippen molar-refractivity contribution in [3.8, 4) is 5.75 Å². The van der Waals surface area contributed by atoms with Crippen LogP contribution in [0.2, 0.25) is 0 Å². The zero-order valence-electron chi connectivity index (χ0n) is 22.4. The number of ether oxygens (including phenoxy) is 3. The van der Waals surface area contributed by atoms with Gasteiger partial charge in [-0.3, -0.25) is 9.59 Å². The van der Waals surface area contributed by atoms with Gasteiger partial charge < -0.3 is 19.3 Å². The third-order valence-electron chi connectivity index (χ3n) is 7.30. The van der Waals surface area contributed by atoms with E-state index in [1.165, 1.54) is 4.90 Å². The highest BCUT2D eigenvalue weighted by molar-refractivity contribution is 7.99. The molecular formula is C33H29NO6S. The number of methoxy groups -OCH3 is 1. The molecule has 0 radical (unpaired) electrons. The maximum Gasteiger partial charge on any atom is 0.266 e. The first-order valence-corrected chi connectivity index (χ1v) is 14.4. The van der Waals surface area contributed by atoms with Crippen LogP contribution in [0.4, 0.5) is 5.69 Å². The summed E-state index contributed by atoms with van der Waals surface area (Å²) in [5.41, 5.74) is 3.78. The summed E-state index contributed by atoms with van der Waals surface area (Å²) < 4.78 is 18.5. The smallest absolute Gasteiger partial charge is 0.266 e. The second-order valence-corrected chi connectivity index (χ2v) is 11.0. The van der Waals surface area contributed by atoms with Crippen LogP contribution >= 0.6 is 11.8 Å². The lowest BCUT2D eigenvalue weighted by atomic mass is 10.0. The number of thioether (sulfide) groups is 1. The van der Waals surface area contributed by atoms with Crippen molar-refractivity contribution in [3.05, 3.63) is 125 Å². The van der Waals surface area contributed by atoms with E-state index in [0.29, 0.717) is 34.6 Å². The van der Waals surface area contributed by atoms with Crippen molar-refractivity contribution in [3.63, 3.8) is 0 Å². The van der Waals surface area contributed by atoms with Gasteiger partial charge in [0, 0.05) is 22.6 Å². The number of aliphatic hydroxyl groups excluding tert-OH is 1. The Hall–Kier alpha value is -3.95. The largest absolute Gasteiger partial charge is 0.496 e. The Morgan fingerprint density at radius 1 is 0.854 bits per heavy atom. The van der Waals surface area contributed by atoms with Crippen molar-refractivity contribution in [2.24, 2.45) is 0 Å². The van der Waals surface area contributed by atoms with Crippen molar-refractivity contribution in [2.45, 2.75) is 36.4 Å². The second-order valence-electron chi connectivity index (χ2n) is 9.90. The van der Waals surface area contributed by atoms with Crippen LogP contribution in [0, 0.1) is 0 Å². The third kappa shape index (κ3) is 5.52. The molecule has 4 aromatic carbocycles. The fraction of sp³-hybridized carbons (Fsp3) is 0.212. The second kappa shape index (κ2) is 11.9. The molecule has 0 spiro atoms. The van der Waals surface area contributed by atoms with Gasteiger partial charge in [-0.15, -0.1) is 11.8 Å². The summed E-state index contributed by atoms with van der Waals surface area (Å²) in [5, 5.41) is 9.49. The number of imide groups is 1. The number of benzene rings is 4. The predicted molar refractivity (Wildman–Crippen MR) is 156 cm³/mol.